The number of hydroxylamine groups is 1. The monoisotopic (exact) mass is 382 g/mol. The molecule has 1 aliphatic heterocycles. The molecule has 0 saturated carbocycles. The van der Waals surface area contributed by atoms with Crippen LogP contribution in [0.2, 0.25) is 0 Å². The van der Waals surface area contributed by atoms with Crippen LogP contribution in [-0.2, 0) is 25.4 Å². The second-order valence-electron chi connectivity index (χ2n) is 8.07. The van der Waals surface area contributed by atoms with Crippen LogP contribution in [0.1, 0.15) is 68.4 Å². The number of rotatable bonds is 6. The van der Waals surface area contributed by atoms with Gasteiger partial charge in [-0.05, 0) is 25.8 Å². The van der Waals surface area contributed by atoms with E-state index in [2.05, 4.69) is 12.4 Å². The van der Waals surface area contributed by atoms with Crippen molar-refractivity contribution in [3.63, 3.8) is 0 Å². The average molecular weight is 382 g/mol. The van der Waals surface area contributed by atoms with Gasteiger partial charge < -0.3 is 4.84 Å². The maximum Gasteiger partial charge on any atom is 0.231 e. The maximum absolute atomic E-state index is 13.5. The van der Waals surface area contributed by atoms with E-state index in [1.165, 1.54) is 14.0 Å². The Labute approximate surface area is 164 Å². The van der Waals surface area contributed by atoms with E-state index in [-0.39, 0.29) is 23.9 Å². The van der Waals surface area contributed by atoms with E-state index >= 15 is 0 Å². The highest BCUT2D eigenvalue weighted by molar-refractivity contribution is 6.17. The minimum Gasteiger partial charge on any atom is -0.303 e. The number of ketones is 2. The molecule has 2 aliphatic rings. The standard InChI is InChI=1S/C22H26N2O4/c1-4-5-11-21-12-10-18(27)24-16-9-7-6-8-15(16)19(20(21)24)22(14(2)25,23-28-3)17(26)13-21/h6-9,23H,4-5,10-13H2,1-3H3/t21-,22-/m1/s1. The number of carbonyl (C=O) groups excluding carboxylic acids is 3. The fourth-order valence-electron chi connectivity index (χ4n) is 5.26. The molecule has 2 heterocycles. The summed E-state index contributed by atoms with van der Waals surface area (Å²) in [4.78, 5) is 44.6. The first-order chi connectivity index (χ1) is 13.4. The van der Waals surface area contributed by atoms with Gasteiger partial charge >= 0.3 is 0 Å². The Kier molecular flexibility index (Phi) is 4.51. The molecule has 148 valence electrons. The molecule has 1 aliphatic carbocycles. The van der Waals surface area contributed by atoms with Crippen molar-refractivity contribution in [1.82, 2.24) is 10.0 Å². The lowest BCUT2D eigenvalue weighted by molar-refractivity contribution is -0.146. The Bertz CT molecular complexity index is 992. The van der Waals surface area contributed by atoms with Gasteiger partial charge in [-0.25, -0.2) is 0 Å². The number of unbranched alkanes of at least 4 members (excludes halogenated alkanes) is 1. The lowest BCUT2D eigenvalue weighted by Gasteiger charge is -2.46. The first-order valence-corrected chi connectivity index (χ1v) is 9.95. The van der Waals surface area contributed by atoms with Crippen LogP contribution in [0.5, 0.6) is 0 Å². The summed E-state index contributed by atoms with van der Waals surface area (Å²) in [6.45, 7) is 3.53. The van der Waals surface area contributed by atoms with Gasteiger partial charge in [0.25, 0.3) is 0 Å². The highest BCUT2D eigenvalue weighted by Crippen LogP contribution is 2.54. The Morgan fingerprint density at radius 3 is 2.71 bits per heavy atom. The van der Waals surface area contributed by atoms with Gasteiger partial charge in [-0.2, -0.15) is 5.48 Å². The van der Waals surface area contributed by atoms with Gasteiger partial charge in [0.2, 0.25) is 5.91 Å². The number of nitrogens with one attached hydrogen (secondary N) is 1. The van der Waals surface area contributed by atoms with E-state index in [1.807, 2.05) is 24.3 Å². The van der Waals surface area contributed by atoms with Crippen LogP contribution in [0.3, 0.4) is 0 Å². The minimum atomic E-state index is -1.58. The van der Waals surface area contributed by atoms with Crippen LogP contribution >= 0.6 is 0 Å². The summed E-state index contributed by atoms with van der Waals surface area (Å²) < 4.78 is 1.77. The summed E-state index contributed by atoms with van der Waals surface area (Å²) in [6, 6.07) is 7.54. The first kappa shape index (κ1) is 19.0. The Morgan fingerprint density at radius 1 is 1.29 bits per heavy atom. The SMILES string of the molecule is CCCC[C@]12CCC(=O)n3c1c(c1ccccc13)[C@@](NOC)(C(C)=O)C(=O)C2. The molecule has 0 bridgehead atoms. The van der Waals surface area contributed by atoms with Crippen molar-refractivity contribution in [2.24, 2.45) is 0 Å². The van der Waals surface area contributed by atoms with Crippen molar-refractivity contribution in [2.75, 3.05) is 7.11 Å². The summed E-state index contributed by atoms with van der Waals surface area (Å²) in [6.07, 6.45) is 4.09. The summed E-state index contributed by atoms with van der Waals surface area (Å²) in [7, 11) is 1.41. The quantitative estimate of drug-likeness (QED) is 0.612. The van der Waals surface area contributed by atoms with Gasteiger partial charge in [-0.15, -0.1) is 0 Å². The maximum atomic E-state index is 13.5. The van der Waals surface area contributed by atoms with E-state index < -0.39 is 11.0 Å². The third-order valence-electron chi connectivity index (χ3n) is 6.53. The largest absolute Gasteiger partial charge is 0.303 e. The molecule has 0 fully saturated rings. The van der Waals surface area contributed by atoms with Crippen molar-refractivity contribution in [3.8, 4) is 0 Å². The van der Waals surface area contributed by atoms with Crippen molar-refractivity contribution >= 4 is 28.4 Å². The fourth-order valence-corrected chi connectivity index (χ4v) is 5.26. The second-order valence-corrected chi connectivity index (χ2v) is 8.07. The molecule has 0 unspecified atom stereocenters. The van der Waals surface area contributed by atoms with Gasteiger partial charge in [-0.3, -0.25) is 19.0 Å². The molecule has 0 saturated heterocycles. The molecule has 2 aromatic rings. The molecule has 6 heteroatoms. The number of aromatic nitrogens is 1. The number of nitrogens with zero attached hydrogens (tertiary/aromatic N) is 1. The van der Waals surface area contributed by atoms with E-state index in [0.29, 0.717) is 18.4 Å². The summed E-state index contributed by atoms with van der Waals surface area (Å²) in [5.74, 6) is -0.475. The smallest absolute Gasteiger partial charge is 0.231 e. The molecule has 0 radical (unpaired) electrons. The third-order valence-corrected chi connectivity index (χ3v) is 6.53. The van der Waals surface area contributed by atoms with E-state index in [1.54, 1.807) is 4.57 Å². The fraction of sp³-hybridized carbons (Fsp3) is 0.500. The van der Waals surface area contributed by atoms with Gasteiger partial charge in [0.1, 0.15) is 0 Å². The zero-order valence-electron chi connectivity index (χ0n) is 16.6. The van der Waals surface area contributed by atoms with Crippen LogP contribution in [0, 0.1) is 0 Å². The molecule has 0 spiro atoms. The predicted molar refractivity (Wildman–Crippen MR) is 105 cm³/mol. The van der Waals surface area contributed by atoms with Gasteiger partial charge in [0.15, 0.2) is 17.1 Å². The molecule has 2 atom stereocenters. The van der Waals surface area contributed by atoms with Crippen molar-refractivity contribution in [2.45, 2.75) is 63.3 Å². The van der Waals surface area contributed by atoms with E-state index in [9.17, 15) is 14.4 Å². The van der Waals surface area contributed by atoms with Gasteiger partial charge in [0.05, 0.1) is 12.6 Å². The van der Waals surface area contributed by atoms with Crippen molar-refractivity contribution in [1.29, 1.82) is 0 Å². The number of carbonyl (C=O) groups is 3. The lowest BCUT2D eigenvalue weighted by Crippen LogP contribution is -2.60. The molecule has 1 aromatic heterocycles. The summed E-state index contributed by atoms with van der Waals surface area (Å²) in [5.41, 5.74) is 2.95. The number of hydrogen-bond acceptors (Lipinski definition) is 5. The highest BCUT2D eigenvalue weighted by atomic mass is 16.6. The van der Waals surface area contributed by atoms with E-state index in [4.69, 9.17) is 4.84 Å². The highest BCUT2D eigenvalue weighted by Gasteiger charge is 2.59. The first-order valence-electron chi connectivity index (χ1n) is 9.95. The second kappa shape index (κ2) is 6.64. The molecule has 1 aromatic carbocycles. The Hall–Kier alpha value is -2.31. The van der Waals surface area contributed by atoms with Gasteiger partial charge in [-0.1, -0.05) is 38.0 Å². The topological polar surface area (TPSA) is 77.4 Å². The van der Waals surface area contributed by atoms with Crippen molar-refractivity contribution < 1.29 is 19.2 Å². The Balaban J connectivity index is 2.16. The molecule has 1 N–H and O–H groups in total. The molecule has 6 nitrogen and oxygen atoms in total. The van der Waals surface area contributed by atoms with Crippen LogP contribution in [0.15, 0.2) is 24.3 Å². The molecule has 4 rings (SSSR count). The van der Waals surface area contributed by atoms with Gasteiger partial charge in [0, 0.05) is 34.9 Å². The Morgan fingerprint density at radius 2 is 2.04 bits per heavy atom. The van der Waals surface area contributed by atoms with Crippen LogP contribution in [-0.4, -0.2) is 29.2 Å². The van der Waals surface area contributed by atoms with Crippen LogP contribution in [0.4, 0.5) is 0 Å². The lowest BCUT2D eigenvalue weighted by atomic mass is 9.60. The molecular weight excluding hydrogens is 356 g/mol. The molecule has 28 heavy (non-hydrogen) atoms. The van der Waals surface area contributed by atoms with Crippen LogP contribution in [0.25, 0.3) is 10.9 Å². The zero-order chi connectivity index (χ0) is 20.1. The number of hydrogen-bond donors (Lipinski definition) is 1. The molecular formula is C22H26N2O4. The molecule has 0 amide bonds. The predicted octanol–water partition coefficient (Wildman–Crippen LogP) is 3.41. The minimum absolute atomic E-state index is 0.0220. The normalized spacial score (nSPS) is 26.5. The number of benzene rings is 1. The third kappa shape index (κ3) is 2.31. The zero-order valence-corrected chi connectivity index (χ0v) is 16.6. The van der Waals surface area contributed by atoms with Crippen molar-refractivity contribution in [3.05, 3.63) is 35.5 Å². The number of Topliss-reactive ketones (excluding diaryl/α,β-unsaturated/α-hetero) is 2. The summed E-state index contributed by atoms with van der Waals surface area (Å²) >= 11 is 0. The van der Waals surface area contributed by atoms with Crippen LogP contribution < -0.4 is 5.48 Å². The number of fused-ring (bicyclic) bond motifs is 3. The van der Waals surface area contributed by atoms with E-state index in [0.717, 1.165) is 35.9 Å². The average Bonchev–Trinajstić information content (AvgIpc) is 3.04. The summed E-state index contributed by atoms with van der Waals surface area (Å²) in [5, 5.41) is 0.765. The number of para-hydroxylation sites is 1.